The molecule has 0 radical (unpaired) electrons. The highest BCUT2D eigenvalue weighted by molar-refractivity contribution is 7.98. The van der Waals surface area contributed by atoms with E-state index in [1.54, 1.807) is 11.8 Å². The Morgan fingerprint density at radius 1 is 1.30 bits per heavy atom. The molecule has 20 heavy (non-hydrogen) atoms. The number of thioether (sulfide) groups is 1. The number of carboxylic acid groups (broad SMARTS) is 2. The number of carboxylic acids is 2. The van der Waals surface area contributed by atoms with Crippen LogP contribution in [0.25, 0.3) is 0 Å². The normalized spacial score (nSPS) is 9.25. The van der Waals surface area contributed by atoms with Gasteiger partial charge in [0.2, 0.25) is 5.13 Å². The summed E-state index contributed by atoms with van der Waals surface area (Å²) in [5, 5.41) is 15.3. The van der Waals surface area contributed by atoms with Crippen LogP contribution in [0.3, 0.4) is 0 Å². The van der Waals surface area contributed by atoms with Crippen LogP contribution in [-0.2, 0) is 15.3 Å². The molecule has 12 heteroatoms. The number of guanidine groups is 1. The van der Waals surface area contributed by atoms with E-state index in [2.05, 4.69) is 14.3 Å². The quantitative estimate of drug-likeness (QED) is 0.190. The predicted octanol–water partition coefficient (Wildman–Crippen LogP) is -1.21. The monoisotopic (exact) mass is 322 g/mol. The van der Waals surface area contributed by atoms with E-state index in [0.29, 0.717) is 11.7 Å². The van der Waals surface area contributed by atoms with Gasteiger partial charge in [0.1, 0.15) is 0 Å². The third-order valence-corrected chi connectivity index (χ3v) is 2.99. The Hall–Kier alpha value is -1.92. The van der Waals surface area contributed by atoms with Crippen molar-refractivity contribution in [2.24, 2.45) is 22.2 Å². The Balaban J connectivity index is 0.000000511. The van der Waals surface area contributed by atoms with E-state index in [1.165, 1.54) is 11.5 Å². The average Bonchev–Trinajstić information content (AvgIpc) is 2.77. The van der Waals surface area contributed by atoms with Gasteiger partial charge in [-0.3, -0.25) is 0 Å². The molecular formula is C8H14N6O4S2. The van der Waals surface area contributed by atoms with E-state index >= 15 is 0 Å². The summed E-state index contributed by atoms with van der Waals surface area (Å²) in [5.41, 5.74) is 15.8. The summed E-state index contributed by atoms with van der Waals surface area (Å²) in [5.74, 6) is -1.26. The van der Waals surface area contributed by atoms with Crippen molar-refractivity contribution in [1.29, 1.82) is 0 Å². The summed E-state index contributed by atoms with van der Waals surface area (Å²) in [6.07, 6.45) is 0. The zero-order valence-electron chi connectivity index (χ0n) is 10.2. The van der Waals surface area contributed by atoms with Crippen LogP contribution >= 0.6 is 23.3 Å². The van der Waals surface area contributed by atoms with Crippen molar-refractivity contribution in [3.8, 4) is 0 Å². The number of hydrogen-bond donors (Lipinski definition) is 5. The molecule has 0 saturated carbocycles. The third-order valence-electron chi connectivity index (χ3n) is 1.36. The molecule has 0 aliphatic carbocycles. The van der Waals surface area contributed by atoms with Crippen molar-refractivity contribution in [3.63, 3.8) is 0 Å². The molecule has 0 bridgehead atoms. The van der Waals surface area contributed by atoms with Crippen LogP contribution in [0.1, 0.15) is 5.82 Å². The molecule has 0 aliphatic heterocycles. The average molecular weight is 322 g/mol. The predicted molar refractivity (Wildman–Crippen MR) is 75.9 cm³/mol. The highest BCUT2D eigenvalue weighted by atomic mass is 32.2. The minimum Gasteiger partial charge on any atom is -0.473 e. The van der Waals surface area contributed by atoms with Crippen LogP contribution in [-0.4, -0.2) is 49.8 Å². The Morgan fingerprint density at radius 3 is 2.35 bits per heavy atom. The van der Waals surface area contributed by atoms with Gasteiger partial charge in [-0.15, -0.1) is 0 Å². The van der Waals surface area contributed by atoms with Gasteiger partial charge >= 0.3 is 11.9 Å². The molecule has 1 aromatic heterocycles. The number of aliphatic carboxylic acids is 2. The number of hydrogen-bond acceptors (Lipinski definition) is 8. The van der Waals surface area contributed by atoms with Gasteiger partial charge in [-0.25, -0.2) is 14.6 Å². The fraction of sp³-hybridized carbons (Fsp3) is 0.375. The summed E-state index contributed by atoms with van der Waals surface area (Å²) >= 11 is 2.87. The molecule has 0 atom stereocenters. The molecule has 1 rings (SSSR count). The first kappa shape index (κ1) is 18.1. The third kappa shape index (κ3) is 9.07. The second kappa shape index (κ2) is 9.94. The van der Waals surface area contributed by atoms with Gasteiger partial charge in [-0.1, -0.05) is 0 Å². The molecule has 0 fully saturated rings. The highest BCUT2D eigenvalue weighted by Gasteiger charge is 2.04. The van der Waals surface area contributed by atoms with E-state index in [4.69, 9.17) is 37.0 Å². The lowest BCUT2D eigenvalue weighted by Crippen LogP contribution is -2.21. The first-order chi connectivity index (χ1) is 9.36. The standard InChI is InChI=1S/C6H12N6S2.C2H2O4/c7-1-2-13-3-4-10-6(14-12-4)11-5(8)9;3-1(4)2(5)6/h1-3,7H2,(H4,8,9,10,11,12);(H,3,4)(H,5,6). The molecule has 0 saturated heterocycles. The topological polar surface area (TPSA) is 191 Å². The molecule has 0 amide bonds. The van der Waals surface area contributed by atoms with E-state index in [1.807, 2.05) is 0 Å². The summed E-state index contributed by atoms with van der Waals surface area (Å²) in [7, 11) is 0. The maximum absolute atomic E-state index is 9.10. The number of nitrogens with two attached hydrogens (primary N) is 3. The van der Waals surface area contributed by atoms with Crippen molar-refractivity contribution < 1.29 is 19.8 Å². The minimum absolute atomic E-state index is 0.00214. The number of aliphatic imine (C=N–C) groups is 1. The van der Waals surface area contributed by atoms with Crippen LogP contribution < -0.4 is 17.2 Å². The van der Waals surface area contributed by atoms with Crippen LogP contribution in [0.4, 0.5) is 5.13 Å². The van der Waals surface area contributed by atoms with Crippen LogP contribution in [0.5, 0.6) is 0 Å². The fourth-order valence-electron chi connectivity index (χ4n) is 0.706. The van der Waals surface area contributed by atoms with Gasteiger partial charge < -0.3 is 27.4 Å². The second-order valence-electron chi connectivity index (χ2n) is 2.98. The molecule has 8 N–H and O–H groups in total. The summed E-state index contributed by atoms with van der Waals surface area (Å²) in [4.78, 5) is 26.1. The Kier molecular flexibility index (Phi) is 8.98. The maximum atomic E-state index is 9.10. The molecule has 112 valence electrons. The Bertz CT molecular complexity index is 461. The second-order valence-corrected chi connectivity index (χ2v) is 4.82. The van der Waals surface area contributed by atoms with E-state index in [0.717, 1.165) is 17.3 Å². The number of carbonyl (C=O) groups is 2. The Labute approximate surface area is 122 Å². The first-order valence-corrected chi connectivity index (χ1v) is 6.95. The largest absolute Gasteiger partial charge is 0.473 e. The number of aromatic nitrogens is 2. The lowest BCUT2D eigenvalue weighted by molar-refractivity contribution is -0.159. The van der Waals surface area contributed by atoms with Gasteiger partial charge in [-0.2, -0.15) is 21.1 Å². The van der Waals surface area contributed by atoms with Crippen molar-refractivity contribution in [3.05, 3.63) is 5.82 Å². The van der Waals surface area contributed by atoms with Gasteiger partial charge in [0.25, 0.3) is 0 Å². The van der Waals surface area contributed by atoms with E-state index in [-0.39, 0.29) is 5.96 Å². The van der Waals surface area contributed by atoms with Crippen molar-refractivity contribution in [2.45, 2.75) is 5.75 Å². The van der Waals surface area contributed by atoms with Crippen molar-refractivity contribution >= 4 is 46.3 Å². The van der Waals surface area contributed by atoms with Crippen LogP contribution in [0.2, 0.25) is 0 Å². The van der Waals surface area contributed by atoms with E-state index in [9.17, 15) is 0 Å². The summed E-state index contributed by atoms with van der Waals surface area (Å²) < 4.78 is 4.09. The zero-order chi connectivity index (χ0) is 15.5. The van der Waals surface area contributed by atoms with Gasteiger partial charge in [0.05, 0.1) is 5.75 Å². The lowest BCUT2D eigenvalue weighted by atomic mass is 10.7. The molecule has 10 nitrogen and oxygen atoms in total. The van der Waals surface area contributed by atoms with Crippen LogP contribution in [0, 0.1) is 0 Å². The Morgan fingerprint density at radius 2 is 1.90 bits per heavy atom. The molecule has 1 aromatic rings. The van der Waals surface area contributed by atoms with Gasteiger partial charge in [-0.05, 0) is 0 Å². The molecule has 0 unspecified atom stereocenters. The van der Waals surface area contributed by atoms with E-state index < -0.39 is 11.9 Å². The highest BCUT2D eigenvalue weighted by Crippen LogP contribution is 2.17. The van der Waals surface area contributed by atoms with Crippen LogP contribution in [0.15, 0.2) is 4.99 Å². The molecule has 0 spiro atoms. The maximum Gasteiger partial charge on any atom is 0.414 e. The summed E-state index contributed by atoms with van der Waals surface area (Å²) in [6, 6.07) is 0. The SMILES string of the molecule is NCCSCc1nsc(N=C(N)N)n1.O=C(O)C(=O)O. The molecule has 0 aromatic carbocycles. The van der Waals surface area contributed by atoms with Crippen molar-refractivity contribution in [2.75, 3.05) is 12.3 Å². The molecule has 0 aliphatic rings. The summed E-state index contributed by atoms with van der Waals surface area (Å²) in [6.45, 7) is 0.662. The first-order valence-electron chi connectivity index (χ1n) is 5.03. The fourth-order valence-corrected chi connectivity index (χ4v) is 2.00. The lowest BCUT2D eigenvalue weighted by Gasteiger charge is -1.92. The van der Waals surface area contributed by atoms with Gasteiger partial charge in [0, 0.05) is 23.8 Å². The zero-order valence-corrected chi connectivity index (χ0v) is 11.9. The molecular weight excluding hydrogens is 308 g/mol. The smallest absolute Gasteiger partial charge is 0.414 e. The number of rotatable bonds is 5. The van der Waals surface area contributed by atoms with Gasteiger partial charge in [0.15, 0.2) is 11.8 Å². The minimum atomic E-state index is -1.82. The molecule has 1 heterocycles. The number of nitrogens with zero attached hydrogens (tertiary/aromatic N) is 3. The van der Waals surface area contributed by atoms with Crippen molar-refractivity contribution in [1.82, 2.24) is 9.36 Å².